The van der Waals surface area contributed by atoms with Gasteiger partial charge in [-0.05, 0) is 0 Å². The number of aldehydes is 1. The number of rotatable bonds is 2. The molecule has 1 heterocycles. The molecular weight excluding hydrogens is 154 g/mol. The number of aromatic nitrogens is 2. The van der Waals surface area contributed by atoms with Crippen LogP contribution in [0.25, 0.3) is 0 Å². The number of hydrogen-bond donors (Lipinski definition) is 0. The largest absolute Gasteiger partial charge is 0.359 e. The van der Waals surface area contributed by atoms with Crippen LogP contribution in [0.1, 0.15) is 10.5 Å². The second-order valence-electron chi connectivity index (χ2n) is 3.04. The van der Waals surface area contributed by atoms with Crippen molar-refractivity contribution >= 4 is 12.2 Å². The van der Waals surface area contributed by atoms with Crippen LogP contribution in [0.3, 0.4) is 0 Å². The molecule has 0 saturated heterocycles. The van der Waals surface area contributed by atoms with E-state index in [9.17, 15) is 4.79 Å². The van der Waals surface area contributed by atoms with Crippen molar-refractivity contribution in [1.82, 2.24) is 4.57 Å². The van der Waals surface area contributed by atoms with Crippen LogP contribution in [0.2, 0.25) is 0 Å². The molecule has 0 unspecified atom stereocenters. The molecule has 0 radical (unpaired) electrons. The summed E-state index contributed by atoms with van der Waals surface area (Å²) in [7, 11) is 7.69. The van der Waals surface area contributed by atoms with Gasteiger partial charge < -0.3 is 0 Å². The molecule has 0 aromatic carbocycles. The summed E-state index contributed by atoms with van der Waals surface area (Å²) in [5.74, 6) is 0.997. The van der Waals surface area contributed by atoms with Gasteiger partial charge in [-0.3, -0.25) is 9.69 Å². The van der Waals surface area contributed by atoms with E-state index >= 15 is 0 Å². The van der Waals surface area contributed by atoms with Crippen molar-refractivity contribution in [1.29, 1.82) is 0 Å². The SMILES string of the molecule is CN(C)c1n(C)c(C=O)c[n+]1C. The Bertz CT molecular complexity index is 301. The fraction of sp³-hybridized carbons (Fsp3) is 0.500. The molecule has 0 atom stereocenters. The lowest BCUT2D eigenvalue weighted by Gasteiger charge is -2.05. The number of hydrogen-bond acceptors (Lipinski definition) is 2. The summed E-state index contributed by atoms with van der Waals surface area (Å²) in [5, 5.41) is 0. The molecule has 0 aliphatic heterocycles. The van der Waals surface area contributed by atoms with E-state index in [0.29, 0.717) is 5.69 Å². The Kier molecular flexibility index (Phi) is 2.17. The molecule has 0 N–H and O–H groups in total. The van der Waals surface area contributed by atoms with E-state index < -0.39 is 0 Å². The normalized spacial score (nSPS) is 10.0. The molecule has 0 spiro atoms. The molecule has 4 nitrogen and oxygen atoms in total. The van der Waals surface area contributed by atoms with Crippen molar-refractivity contribution in [2.24, 2.45) is 14.1 Å². The zero-order chi connectivity index (χ0) is 9.30. The summed E-state index contributed by atoms with van der Waals surface area (Å²) in [6.45, 7) is 0. The van der Waals surface area contributed by atoms with Crippen LogP contribution in [-0.2, 0) is 14.1 Å². The third-order valence-electron chi connectivity index (χ3n) is 1.85. The average Bonchev–Trinajstić information content (AvgIpc) is 2.25. The first-order chi connectivity index (χ1) is 5.57. The van der Waals surface area contributed by atoms with Crippen molar-refractivity contribution in [2.75, 3.05) is 19.0 Å². The van der Waals surface area contributed by atoms with Crippen molar-refractivity contribution in [3.05, 3.63) is 11.9 Å². The lowest BCUT2D eigenvalue weighted by atomic mass is 10.5. The summed E-state index contributed by atoms with van der Waals surface area (Å²) >= 11 is 0. The van der Waals surface area contributed by atoms with Gasteiger partial charge in [-0.2, -0.15) is 0 Å². The number of anilines is 1. The van der Waals surface area contributed by atoms with Crippen molar-refractivity contribution < 1.29 is 9.36 Å². The average molecular weight is 168 g/mol. The van der Waals surface area contributed by atoms with Crippen molar-refractivity contribution in [2.45, 2.75) is 0 Å². The van der Waals surface area contributed by atoms with Crippen molar-refractivity contribution in [3.63, 3.8) is 0 Å². The first-order valence-corrected chi connectivity index (χ1v) is 3.75. The molecule has 1 aromatic rings. The number of carbonyl (C=O) groups excluding carboxylic acids is 1. The minimum atomic E-state index is 0.682. The summed E-state index contributed by atoms with van der Waals surface area (Å²) in [6.07, 6.45) is 2.66. The van der Waals surface area contributed by atoms with Crippen molar-refractivity contribution in [3.8, 4) is 0 Å². The number of imidazole rings is 1. The molecular formula is C8H14N3O+. The number of carbonyl (C=O) groups is 1. The third kappa shape index (κ3) is 1.20. The van der Waals surface area contributed by atoms with E-state index in [1.54, 1.807) is 0 Å². The molecule has 1 aromatic heterocycles. The smallest absolute Gasteiger partial charge is 0.295 e. The Hall–Kier alpha value is -1.32. The molecule has 0 fully saturated rings. The molecule has 0 amide bonds. The fourth-order valence-corrected chi connectivity index (χ4v) is 1.42. The van der Waals surface area contributed by atoms with Crippen LogP contribution in [0.5, 0.6) is 0 Å². The summed E-state index contributed by atoms with van der Waals surface area (Å²) in [5.41, 5.74) is 0.682. The highest BCUT2D eigenvalue weighted by Crippen LogP contribution is 2.05. The topological polar surface area (TPSA) is 29.1 Å². The van der Waals surface area contributed by atoms with E-state index in [1.165, 1.54) is 0 Å². The van der Waals surface area contributed by atoms with E-state index in [4.69, 9.17) is 0 Å². The van der Waals surface area contributed by atoms with Gasteiger partial charge in [0.2, 0.25) is 0 Å². The maximum Gasteiger partial charge on any atom is 0.359 e. The highest BCUT2D eigenvalue weighted by atomic mass is 16.1. The Balaban J connectivity index is 3.27. The van der Waals surface area contributed by atoms with Crippen LogP contribution in [0.15, 0.2) is 6.20 Å². The Morgan fingerprint density at radius 2 is 2.17 bits per heavy atom. The predicted octanol–water partition coefficient (Wildman–Crippen LogP) is -0.272. The standard InChI is InChI=1S/C8H14N3O/c1-9(2)8-10(3)5-7(6-12)11(8)4/h5-6H,1-4H3/q+1. The van der Waals surface area contributed by atoms with E-state index in [-0.39, 0.29) is 0 Å². The van der Waals surface area contributed by atoms with Gasteiger partial charge in [0.05, 0.1) is 28.2 Å². The molecule has 0 saturated carbocycles. The van der Waals surface area contributed by atoms with Crippen LogP contribution in [-0.4, -0.2) is 24.9 Å². The predicted molar refractivity (Wildman–Crippen MR) is 46.3 cm³/mol. The fourth-order valence-electron chi connectivity index (χ4n) is 1.42. The second-order valence-corrected chi connectivity index (χ2v) is 3.04. The molecule has 0 bridgehead atoms. The first-order valence-electron chi connectivity index (χ1n) is 3.75. The number of aryl methyl sites for hydroxylation is 1. The van der Waals surface area contributed by atoms with Gasteiger partial charge in [-0.25, -0.2) is 9.13 Å². The van der Waals surface area contributed by atoms with Gasteiger partial charge in [-0.15, -0.1) is 0 Å². The molecule has 12 heavy (non-hydrogen) atoms. The second kappa shape index (κ2) is 2.97. The number of nitrogens with zero attached hydrogens (tertiary/aromatic N) is 3. The zero-order valence-corrected chi connectivity index (χ0v) is 7.90. The molecule has 0 aliphatic rings. The Morgan fingerprint density at radius 3 is 2.42 bits per heavy atom. The van der Waals surface area contributed by atoms with Crippen LogP contribution in [0.4, 0.5) is 5.95 Å². The zero-order valence-electron chi connectivity index (χ0n) is 7.90. The summed E-state index contributed by atoms with van der Waals surface area (Å²) in [4.78, 5) is 12.5. The highest BCUT2D eigenvalue weighted by molar-refractivity contribution is 5.72. The highest BCUT2D eigenvalue weighted by Gasteiger charge is 2.17. The van der Waals surface area contributed by atoms with E-state index in [2.05, 4.69) is 0 Å². The van der Waals surface area contributed by atoms with Gasteiger partial charge >= 0.3 is 5.95 Å². The van der Waals surface area contributed by atoms with Gasteiger partial charge in [0.15, 0.2) is 12.0 Å². The minimum absolute atomic E-state index is 0.682. The lowest BCUT2D eigenvalue weighted by Crippen LogP contribution is -2.34. The maximum atomic E-state index is 10.6. The lowest BCUT2D eigenvalue weighted by molar-refractivity contribution is -0.657. The molecule has 4 heteroatoms. The Morgan fingerprint density at radius 1 is 1.58 bits per heavy atom. The molecule has 66 valence electrons. The van der Waals surface area contributed by atoms with E-state index in [1.807, 2.05) is 48.4 Å². The maximum absolute atomic E-state index is 10.6. The van der Waals surface area contributed by atoms with Crippen LogP contribution in [0, 0.1) is 0 Å². The summed E-state index contributed by atoms with van der Waals surface area (Å²) < 4.78 is 3.77. The first kappa shape index (κ1) is 8.77. The van der Waals surface area contributed by atoms with Gasteiger partial charge in [0.25, 0.3) is 0 Å². The van der Waals surface area contributed by atoms with Crippen LogP contribution >= 0.6 is 0 Å². The van der Waals surface area contributed by atoms with Crippen LogP contribution < -0.4 is 9.47 Å². The third-order valence-corrected chi connectivity index (χ3v) is 1.85. The van der Waals surface area contributed by atoms with Gasteiger partial charge in [-0.1, -0.05) is 0 Å². The Labute approximate surface area is 72.0 Å². The quantitative estimate of drug-likeness (QED) is 0.449. The monoisotopic (exact) mass is 168 g/mol. The minimum Gasteiger partial charge on any atom is -0.295 e. The molecule has 0 aliphatic carbocycles. The summed E-state index contributed by atoms with van der Waals surface area (Å²) in [6, 6.07) is 0. The molecule has 1 rings (SSSR count). The van der Waals surface area contributed by atoms with Gasteiger partial charge in [0, 0.05) is 0 Å². The van der Waals surface area contributed by atoms with E-state index in [0.717, 1.165) is 12.2 Å². The van der Waals surface area contributed by atoms with Gasteiger partial charge in [0.1, 0.15) is 6.20 Å².